The molecule has 0 radical (unpaired) electrons. The van der Waals surface area contributed by atoms with Gasteiger partial charge in [0.1, 0.15) is 0 Å². The first-order chi connectivity index (χ1) is 27.8. The van der Waals surface area contributed by atoms with E-state index in [-0.39, 0.29) is 0 Å². The molecule has 258 valence electrons. The number of rotatable bonds is 4. The fraction of sp³-hybridized carbons (Fsp3) is 0. The summed E-state index contributed by atoms with van der Waals surface area (Å²) in [6, 6.07) is 70.3. The van der Waals surface area contributed by atoms with E-state index >= 15 is 0 Å². The van der Waals surface area contributed by atoms with Gasteiger partial charge >= 0.3 is 0 Å². The summed E-state index contributed by atoms with van der Waals surface area (Å²) in [5.74, 6) is 0. The fourth-order valence-corrected chi connectivity index (χ4v) is 9.29. The van der Waals surface area contributed by atoms with Gasteiger partial charge in [-0.1, -0.05) is 176 Å². The lowest BCUT2D eigenvalue weighted by molar-refractivity contribution is 1.36. The molecule has 0 N–H and O–H groups in total. The van der Waals surface area contributed by atoms with Crippen molar-refractivity contribution >= 4 is 54.1 Å². The van der Waals surface area contributed by atoms with Crippen molar-refractivity contribution in [2.24, 2.45) is 0 Å². The Labute approximate surface area is 324 Å². The molecule has 0 saturated heterocycles. The van der Waals surface area contributed by atoms with Crippen molar-refractivity contribution < 1.29 is 0 Å². The Bertz CT molecular complexity index is 3330. The second-order valence-electron chi connectivity index (χ2n) is 14.8. The predicted molar refractivity (Wildman–Crippen MR) is 236 cm³/mol. The summed E-state index contributed by atoms with van der Waals surface area (Å²) in [6.07, 6.45) is 0. The largest absolute Gasteiger partial charge is 0.245 e. The summed E-state index contributed by atoms with van der Waals surface area (Å²) in [7, 11) is 0. The summed E-state index contributed by atoms with van der Waals surface area (Å²) < 4.78 is 0. The van der Waals surface area contributed by atoms with Crippen LogP contribution in [0.3, 0.4) is 0 Å². The van der Waals surface area contributed by atoms with Crippen molar-refractivity contribution in [3.05, 3.63) is 194 Å². The molecule has 12 rings (SSSR count). The highest BCUT2D eigenvalue weighted by molar-refractivity contribution is 6.26. The second-order valence-corrected chi connectivity index (χ2v) is 14.8. The second kappa shape index (κ2) is 12.0. The van der Waals surface area contributed by atoms with Gasteiger partial charge in [-0.25, -0.2) is 9.97 Å². The molecule has 56 heavy (non-hydrogen) atoms. The molecule has 9 aromatic carbocycles. The van der Waals surface area contributed by atoms with Crippen LogP contribution in [-0.4, -0.2) is 9.97 Å². The van der Waals surface area contributed by atoms with Gasteiger partial charge < -0.3 is 0 Å². The molecule has 2 heteroatoms. The minimum absolute atomic E-state index is 0.914. The topological polar surface area (TPSA) is 25.8 Å². The molecule has 0 unspecified atom stereocenters. The van der Waals surface area contributed by atoms with E-state index < -0.39 is 0 Å². The first kappa shape index (κ1) is 31.0. The maximum absolute atomic E-state index is 5.32. The number of aromatic nitrogens is 2. The average Bonchev–Trinajstić information content (AvgIpc) is 3.60. The Hall–Kier alpha value is -7.42. The number of fused-ring (bicyclic) bond motifs is 8. The molecule has 0 spiro atoms. The van der Waals surface area contributed by atoms with Crippen molar-refractivity contribution in [3.63, 3.8) is 0 Å². The zero-order valence-corrected chi connectivity index (χ0v) is 30.4. The molecule has 0 aliphatic heterocycles. The SMILES string of the molecule is c1ccc(-c2ccc3ccc4ccc(-c5cccc(-c6c7ccccc7c(-c7ccc8c9c(cccc79)-c7ccccc7-8)c7ccccc67)c5)nc4c3n2)cc1. The van der Waals surface area contributed by atoms with Gasteiger partial charge in [-0.05, 0) is 95.0 Å². The third-order valence-corrected chi connectivity index (χ3v) is 11.8. The summed E-state index contributed by atoms with van der Waals surface area (Å²) in [4.78, 5) is 10.5. The van der Waals surface area contributed by atoms with Crippen LogP contribution in [0.15, 0.2) is 194 Å². The third-order valence-electron chi connectivity index (χ3n) is 11.8. The van der Waals surface area contributed by atoms with Crippen molar-refractivity contribution in [3.8, 4) is 67.0 Å². The van der Waals surface area contributed by atoms with E-state index in [4.69, 9.17) is 9.97 Å². The lowest BCUT2D eigenvalue weighted by atomic mass is 9.84. The number of nitrogens with zero attached hydrogens (tertiary/aromatic N) is 2. The zero-order chi connectivity index (χ0) is 36.7. The molecule has 2 heterocycles. The van der Waals surface area contributed by atoms with Gasteiger partial charge in [-0.3, -0.25) is 0 Å². The van der Waals surface area contributed by atoms with Crippen molar-refractivity contribution in [1.29, 1.82) is 0 Å². The molecule has 2 nitrogen and oxygen atoms in total. The highest BCUT2D eigenvalue weighted by atomic mass is 14.8. The van der Waals surface area contributed by atoms with E-state index in [2.05, 4.69) is 188 Å². The normalized spacial score (nSPS) is 11.9. The van der Waals surface area contributed by atoms with Crippen LogP contribution >= 0.6 is 0 Å². The third kappa shape index (κ3) is 4.57. The maximum atomic E-state index is 5.32. The summed E-state index contributed by atoms with van der Waals surface area (Å²) in [6.45, 7) is 0. The molecule has 0 atom stereocenters. The molecule has 0 fully saturated rings. The minimum Gasteiger partial charge on any atom is -0.245 e. The smallest absolute Gasteiger partial charge is 0.0972 e. The first-order valence-corrected chi connectivity index (χ1v) is 19.2. The Balaban J connectivity index is 1.05. The quantitative estimate of drug-likeness (QED) is 0.134. The summed E-state index contributed by atoms with van der Waals surface area (Å²) >= 11 is 0. The van der Waals surface area contributed by atoms with Crippen LogP contribution in [0.2, 0.25) is 0 Å². The monoisotopic (exact) mass is 708 g/mol. The van der Waals surface area contributed by atoms with Crippen LogP contribution in [-0.2, 0) is 0 Å². The standard InChI is InChI=1S/C54H32N2/c1-2-12-33(13-3-1)48-30-26-34-24-25-35-27-31-49(56-54(35)53(34)55-48)36-14-10-15-37(32-36)50-41-18-6-8-20-43(41)52(44-21-9-7-19-42(44)50)47-29-28-46-39-17-5-4-16-38(39)40-22-11-23-45(47)51(40)46/h1-32H. The van der Waals surface area contributed by atoms with Crippen LogP contribution in [0.1, 0.15) is 0 Å². The van der Waals surface area contributed by atoms with Crippen LogP contribution < -0.4 is 0 Å². The molecule has 11 aromatic rings. The lowest BCUT2D eigenvalue weighted by Gasteiger charge is -2.19. The van der Waals surface area contributed by atoms with Crippen molar-refractivity contribution in [2.45, 2.75) is 0 Å². The van der Waals surface area contributed by atoms with Gasteiger partial charge in [-0.2, -0.15) is 0 Å². The summed E-state index contributed by atoms with van der Waals surface area (Å²) in [5.41, 5.74) is 16.1. The average molecular weight is 709 g/mol. The van der Waals surface area contributed by atoms with Gasteiger partial charge in [0.05, 0.1) is 22.4 Å². The Morgan fingerprint density at radius 2 is 0.714 bits per heavy atom. The summed E-state index contributed by atoms with van der Waals surface area (Å²) in [5, 5.41) is 9.77. The van der Waals surface area contributed by atoms with Crippen LogP contribution in [0, 0.1) is 0 Å². The van der Waals surface area contributed by atoms with Gasteiger partial charge in [0.25, 0.3) is 0 Å². The minimum atomic E-state index is 0.914. The van der Waals surface area contributed by atoms with E-state index in [1.807, 2.05) is 6.07 Å². The Morgan fingerprint density at radius 3 is 1.38 bits per heavy atom. The Kier molecular flexibility index (Phi) is 6.66. The molecule has 0 amide bonds. The lowest BCUT2D eigenvalue weighted by Crippen LogP contribution is -1.93. The Morgan fingerprint density at radius 1 is 0.268 bits per heavy atom. The van der Waals surface area contributed by atoms with Crippen LogP contribution in [0.25, 0.3) is 121 Å². The van der Waals surface area contributed by atoms with E-state index in [0.717, 1.165) is 44.3 Å². The van der Waals surface area contributed by atoms with Crippen LogP contribution in [0.4, 0.5) is 0 Å². The van der Waals surface area contributed by atoms with Gasteiger partial charge in [0.2, 0.25) is 0 Å². The van der Waals surface area contributed by atoms with E-state index in [1.165, 1.54) is 76.8 Å². The fourth-order valence-electron chi connectivity index (χ4n) is 9.29. The predicted octanol–water partition coefficient (Wildman–Crippen LogP) is 14.6. The highest BCUT2D eigenvalue weighted by Crippen LogP contribution is 2.52. The zero-order valence-electron chi connectivity index (χ0n) is 30.4. The molecular weight excluding hydrogens is 677 g/mol. The molecule has 0 saturated carbocycles. The first-order valence-electron chi connectivity index (χ1n) is 19.2. The molecule has 2 aromatic heterocycles. The van der Waals surface area contributed by atoms with Crippen molar-refractivity contribution in [2.75, 3.05) is 0 Å². The van der Waals surface area contributed by atoms with Crippen LogP contribution in [0.5, 0.6) is 0 Å². The van der Waals surface area contributed by atoms with Crippen molar-refractivity contribution in [1.82, 2.24) is 9.97 Å². The number of pyridine rings is 2. The van der Waals surface area contributed by atoms with E-state index in [1.54, 1.807) is 0 Å². The van der Waals surface area contributed by atoms with E-state index in [0.29, 0.717) is 0 Å². The highest BCUT2D eigenvalue weighted by Gasteiger charge is 2.24. The molecular formula is C54H32N2. The number of hydrogen-bond donors (Lipinski definition) is 0. The number of benzene rings is 9. The maximum Gasteiger partial charge on any atom is 0.0972 e. The molecule has 0 bridgehead atoms. The molecule has 1 aliphatic rings. The van der Waals surface area contributed by atoms with E-state index in [9.17, 15) is 0 Å². The molecule has 1 aliphatic carbocycles. The number of hydrogen-bond acceptors (Lipinski definition) is 2. The van der Waals surface area contributed by atoms with Gasteiger partial charge in [0, 0.05) is 21.9 Å². The van der Waals surface area contributed by atoms with Gasteiger partial charge in [0.15, 0.2) is 0 Å². The van der Waals surface area contributed by atoms with Gasteiger partial charge in [-0.15, -0.1) is 0 Å².